The third-order valence-corrected chi connectivity index (χ3v) is 4.41. The van der Waals surface area contributed by atoms with Crippen LogP contribution in [-0.4, -0.2) is 13.6 Å². The summed E-state index contributed by atoms with van der Waals surface area (Å²) in [5.74, 6) is -3.43. The zero-order valence-electron chi connectivity index (χ0n) is 12.0. The highest BCUT2D eigenvalue weighted by Crippen LogP contribution is 2.45. The van der Waals surface area contributed by atoms with Crippen LogP contribution in [0.4, 0.5) is 8.78 Å². The number of likely N-dealkylation sites (N-methyl/N-ethyl adjacent to an activating group) is 1. The van der Waals surface area contributed by atoms with Gasteiger partial charge in [-0.05, 0) is 31.5 Å². The quantitative estimate of drug-likeness (QED) is 0.847. The highest BCUT2D eigenvalue weighted by atomic mass is 19.3. The molecule has 1 fully saturated rings. The molecule has 0 aromatic heterocycles. The second kappa shape index (κ2) is 5.20. The summed E-state index contributed by atoms with van der Waals surface area (Å²) in [6.07, 6.45) is 3.36. The Hall–Kier alpha value is -0.960. The van der Waals surface area contributed by atoms with Crippen LogP contribution in [0.15, 0.2) is 24.3 Å². The molecule has 1 aromatic rings. The summed E-state index contributed by atoms with van der Waals surface area (Å²) in [5.41, 5.74) is 1.28. The van der Waals surface area contributed by atoms with Crippen molar-refractivity contribution in [3.05, 3.63) is 35.4 Å². The lowest BCUT2D eigenvalue weighted by Crippen LogP contribution is -2.43. The standard InChI is InChI=1S/C16H23F2N/c1-12(2)16(17,18)14-7-4-6-13(10-14)15(11-19-3)8-5-9-15/h4,6-7,10,12,19H,5,8-9,11H2,1-3H3. The predicted octanol–water partition coefficient (Wildman–Crippen LogP) is 4.08. The van der Waals surface area contributed by atoms with E-state index in [2.05, 4.69) is 5.32 Å². The van der Waals surface area contributed by atoms with E-state index < -0.39 is 11.8 Å². The Kier molecular flexibility index (Phi) is 3.95. The fraction of sp³-hybridized carbons (Fsp3) is 0.625. The van der Waals surface area contributed by atoms with Crippen LogP contribution in [0.25, 0.3) is 0 Å². The summed E-state index contributed by atoms with van der Waals surface area (Å²) in [4.78, 5) is 0. The molecule has 1 aliphatic rings. The highest BCUT2D eigenvalue weighted by Gasteiger charge is 2.40. The Morgan fingerprint density at radius 1 is 1.32 bits per heavy atom. The van der Waals surface area contributed by atoms with Gasteiger partial charge in [0.2, 0.25) is 0 Å². The first-order valence-corrected chi connectivity index (χ1v) is 7.06. The van der Waals surface area contributed by atoms with Crippen molar-refractivity contribution in [2.24, 2.45) is 5.92 Å². The maximum atomic E-state index is 14.1. The minimum Gasteiger partial charge on any atom is -0.319 e. The van der Waals surface area contributed by atoms with E-state index in [1.807, 2.05) is 13.1 Å². The maximum Gasteiger partial charge on any atom is 0.275 e. The molecule has 106 valence electrons. The number of rotatable bonds is 5. The van der Waals surface area contributed by atoms with E-state index in [1.54, 1.807) is 32.0 Å². The molecule has 0 saturated heterocycles. The first-order valence-electron chi connectivity index (χ1n) is 7.06. The van der Waals surface area contributed by atoms with Crippen LogP contribution in [0.5, 0.6) is 0 Å². The molecule has 0 aliphatic heterocycles. The smallest absolute Gasteiger partial charge is 0.275 e. The van der Waals surface area contributed by atoms with E-state index in [1.165, 1.54) is 6.42 Å². The molecule has 0 atom stereocenters. The molecular formula is C16H23F2N. The van der Waals surface area contributed by atoms with Gasteiger partial charge >= 0.3 is 0 Å². The lowest BCUT2D eigenvalue weighted by atomic mass is 9.64. The second-order valence-electron chi connectivity index (χ2n) is 6.02. The van der Waals surface area contributed by atoms with Gasteiger partial charge in [-0.15, -0.1) is 0 Å². The SMILES string of the molecule is CNCC1(c2cccc(C(F)(F)C(C)C)c2)CCC1. The van der Waals surface area contributed by atoms with Gasteiger partial charge in [-0.2, -0.15) is 0 Å². The van der Waals surface area contributed by atoms with Gasteiger partial charge in [0.05, 0.1) is 0 Å². The molecule has 1 saturated carbocycles. The van der Waals surface area contributed by atoms with Crippen molar-refractivity contribution in [2.45, 2.75) is 44.4 Å². The zero-order chi connectivity index (χ0) is 14.1. The van der Waals surface area contributed by atoms with Crippen LogP contribution in [0.2, 0.25) is 0 Å². The van der Waals surface area contributed by atoms with Gasteiger partial charge in [0.15, 0.2) is 0 Å². The van der Waals surface area contributed by atoms with Gasteiger partial charge in [-0.1, -0.05) is 38.5 Å². The third kappa shape index (κ3) is 2.53. The largest absolute Gasteiger partial charge is 0.319 e. The van der Waals surface area contributed by atoms with Crippen LogP contribution >= 0.6 is 0 Å². The molecule has 1 nitrogen and oxygen atoms in total. The summed E-state index contributed by atoms with van der Waals surface area (Å²) >= 11 is 0. The summed E-state index contributed by atoms with van der Waals surface area (Å²) in [7, 11) is 1.92. The van der Waals surface area contributed by atoms with Crippen LogP contribution in [0.1, 0.15) is 44.2 Å². The Morgan fingerprint density at radius 3 is 2.47 bits per heavy atom. The minimum absolute atomic E-state index is 0.0673. The lowest BCUT2D eigenvalue weighted by molar-refractivity contribution is -0.0515. The molecule has 0 radical (unpaired) electrons. The normalized spacial score (nSPS) is 18.4. The molecule has 1 N–H and O–H groups in total. The van der Waals surface area contributed by atoms with Crippen LogP contribution < -0.4 is 5.32 Å². The van der Waals surface area contributed by atoms with Crippen molar-refractivity contribution >= 4 is 0 Å². The number of benzene rings is 1. The summed E-state index contributed by atoms with van der Waals surface area (Å²) < 4.78 is 28.3. The molecule has 19 heavy (non-hydrogen) atoms. The van der Waals surface area contributed by atoms with Crippen LogP contribution in [0, 0.1) is 5.92 Å². The molecule has 0 spiro atoms. The molecule has 0 amide bonds. The van der Waals surface area contributed by atoms with Gasteiger partial charge in [0.1, 0.15) is 0 Å². The van der Waals surface area contributed by atoms with Crippen molar-refractivity contribution in [2.75, 3.05) is 13.6 Å². The average Bonchev–Trinajstić information content (AvgIpc) is 2.33. The number of hydrogen-bond acceptors (Lipinski definition) is 1. The summed E-state index contributed by atoms with van der Waals surface area (Å²) in [5, 5.41) is 3.20. The lowest BCUT2D eigenvalue weighted by Gasteiger charge is -2.43. The van der Waals surface area contributed by atoms with Gasteiger partial charge < -0.3 is 5.32 Å². The third-order valence-electron chi connectivity index (χ3n) is 4.41. The second-order valence-corrected chi connectivity index (χ2v) is 6.02. The van der Waals surface area contributed by atoms with Crippen molar-refractivity contribution in [1.82, 2.24) is 5.32 Å². The minimum atomic E-state index is -2.75. The molecule has 0 unspecified atom stereocenters. The van der Waals surface area contributed by atoms with Crippen molar-refractivity contribution in [3.8, 4) is 0 Å². The van der Waals surface area contributed by atoms with Gasteiger partial charge in [0, 0.05) is 23.4 Å². The highest BCUT2D eigenvalue weighted by molar-refractivity contribution is 5.34. The van der Waals surface area contributed by atoms with Crippen molar-refractivity contribution in [3.63, 3.8) is 0 Å². The average molecular weight is 267 g/mol. The van der Waals surface area contributed by atoms with Crippen LogP contribution in [-0.2, 0) is 11.3 Å². The molecule has 1 aliphatic carbocycles. The maximum absolute atomic E-state index is 14.1. The van der Waals surface area contributed by atoms with E-state index in [0.717, 1.165) is 24.9 Å². The van der Waals surface area contributed by atoms with Crippen molar-refractivity contribution < 1.29 is 8.78 Å². The topological polar surface area (TPSA) is 12.0 Å². The first-order chi connectivity index (χ1) is 8.92. The Balaban J connectivity index is 2.34. The summed E-state index contributed by atoms with van der Waals surface area (Å²) in [6, 6.07) is 7.04. The van der Waals surface area contributed by atoms with E-state index in [9.17, 15) is 8.78 Å². The molecule has 0 heterocycles. The van der Waals surface area contributed by atoms with Crippen LogP contribution in [0.3, 0.4) is 0 Å². The molecule has 2 rings (SSSR count). The monoisotopic (exact) mass is 267 g/mol. The van der Waals surface area contributed by atoms with Gasteiger partial charge in [0.25, 0.3) is 5.92 Å². The number of hydrogen-bond donors (Lipinski definition) is 1. The van der Waals surface area contributed by atoms with Crippen molar-refractivity contribution in [1.29, 1.82) is 0 Å². The molecule has 1 aromatic carbocycles. The van der Waals surface area contributed by atoms with Gasteiger partial charge in [-0.3, -0.25) is 0 Å². The van der Waals surface area contributed by atoms with E-state index in [0.29, 0.717) is 0 Å². The van der Waals surface area contributed by atoms with E-state index in [4.69, 9.17) is 0 Å². The fourth-order valence-corrected chi connectivity index (χ4v) is 2.90. The molecular weight excluding hydrogens is 244 g/mol. The zero-order valence-corrected chi connectivity index (χ0v) is 12.0. The molecule has 3 heteroatoms. The number of halogens is 2. The number of alkyl halides is 2. The number of nitrogens with one attached hydrogen (secondary N) is 1. The Morgan fingerprint density at radius 2 is 2.00 bits per heavy atom. The van der Waals surface area contributed by atoms with E-state index in [-0.39, 0.29) is 11.0 Å². The predicted molar refractivity (Wildman–Crippen MR) is 74.6 cm³/mol. The van der Waals surface area contributed by atoms with Gasteiger partial charge in [-0.25, -0.2) is 8.78 Å². The summed E-state index contributed by atoms with van der Waals surface area (Å²) in [6.45, 7) is 4.00. The Bertz CT molecular complexity index is 436. The first kappa shape index (κ1) is 14.4. The molecule has 0 bridgehead atoms. The van der Waals surface area contributed by atoms with E-state index >= 15 is 0 Å². The fourth-order valence-electron chi connectivity index (χ4n) is 2.90. The Labute approximate surface area is 114 Å².